The van der Waals surface area contributed by atoms with E-state index in [1.165, 1.54) is 4.68 Å². The molecule has 0 atom stereocenters. The predicted molar refractivity (Wildman–Crippen MR) is 64.2 cm³/mol. The van der Waals surface area contributed by atoms with Crippen LogP contribution in [0.4, 0.5) is 11.5 Å². The van der Waals surface area contributed by atoms with Crippen LogP contribution in [0, 0.1) is 6.92 Å². The van der Waals surface area contributed by atoms with Crippen LogP contribution in [0.15, 0.2) is 30.6 Å². The van der Waals surface area contributed by atoms with Crippen molar-refractivity contribution < 1.29 is 4.79 Å². The zero-order chi connectivity index (χ0) is 12.3. The molecule has 2 rings (SSSR count). The number of hydrogen-bond donors (Lipinski definition) is 2. The normalized spacial score (nSPS) is 10.2. The number of carbonyl (C=O) groups is 1. The minimum absolute atomic E-state index is 0.130. The highest BCUT2D eigenvalue weighted by Crippen LogP contribution is 2.05. The third-order valence-electron chi connectivity index (χ3n) is 2.16. The molecule has 88 valence electrons. The number of hydrogen-bond acceptors (Lipinski definition) is 4. The van der Waals surface area contributed by atoms with Gasteiger partial charge in [0.25, 0.3) is 0 Å². The molecule has 0 aliphatic carbocycles. The van der Waals surface area contributed by atoms with Gasteiger partial charge in [0, 0.05) is 11.9 Å². The molecule has 2 aromatic rings. The van der Waals surface area contributed by atoms with E-state index in [-0.39, 0.29) is 12.5 Å². The van der Waals surface area contributed by atoms with Crippen molar-refractivity contribution >= 4 is 17.4 Å². The number of aryl methyl sites for hydroxylation is 1. The van der Waals surface area contributed by atoms with Crippen molar-refractivity contribution in [2.24, 2.45) is 0 Å². The lowest BCUT2D eigenvalue weighted by atomic mass is 10.3. The summed E-state index contributed by atoms with van der Waals surface area (Å²) in [4.78, 5) is 15.7. The van der Waals surface area contributed by atoms with Crippen molar-refractivity contribution in [1.29, 1.82) is 0 Å². The number of nitrogens with two attached hydrogens (primary N) is 1. The van der Waals surface area contributed by atoms with Crippen molar-refractivity contribution in [1.82, 2.24) is 14.8 Å². The molecule has 6 heteroatoms. The Balaban J connectivity index is 1.95. The van der Waals surface area contributed by atoms with Crippen LogP contribution in [0.3, 0.4) is 0 Å². The van der Waals surface area contributed by atoms with Crippen LogP contribution in [0.1, 0.15) is 5.69 Å². The van der Waals surface area contributed by atoms with Gasteiger partial charge in [-0.25, -0.2) is 0 Å². The number of pyridine rings is 1. The summed E-state index contributed by atoms with van der Waals surface area (Å²) in [6.07, 6.45) is 3.27. The van der Waals surface area contributed by atoms with Crippen molar-refractivity contribution in [3.8, 4) is 0 Å². The molecule has 0 aliphatic rings. The van der Waals surface area contributed by atoms with Gasteiger partial charge in [-0.3, -0.25) is 14.5 Å². The summed E-state index contributed by atoms with van der Waals surface area (Å²) >= 11 is 0. The summed E-state index contributed by atoms with van der Waals surface area (Å²) in [5, 5.41) is 6.65. The van der Waals surface area contributed by atoms with E-state index in [1.54, 1.807) is 24.5 Å². The number of nitrogens with one attached hydrogen (secondary N) is 1. The maximum atomic E-state index is 11.6. The molecule has 17 heavy (non-hydrogen) atoms. The molecule has 6 nitrogen and oxygen atoms in total. The van der Waals surface area contributed by atoms with Crippen molar-refractivity contribution in [2.75, 3.05) is 11.1 Å². The van der Waals surface area contributed by atoms with Gasteiger partial charge in [-0.2, -0.15) is 5.10 Å². The second-order valence-electron chi connectivity index (χ2n) is 3.67. The van der Waals surface area contributed by atoms with E-state index in [0.29, 0.717) is 11.5 Å². The van der Waals surface area contributed by atoms with Gasteiger partial charge >= 0.3 is 0 Å². The largest absolute Gasteiger partial charge is 0.382 e. The fourth-order valence-corrected chi connectivity index (χ4v) is 1.35. The van der Waals surface area contributed by atoms with Crippen LogP contribution in [0.5, 0.6) is 0 Å². The monoisotopic (exact) mass is 231 g/mol. The Morgan fingerprint density at radius 3 is 2.88 bits per heavy atom. The molecule has 2 heterocycles. The van der Waals surface area contributed by atoms with Crippen molar-refractivity contribution in [3.05, 3.63) is 36.3 Å². The van der Waals surface area contributed by atoms with Crippen molar-refractivity contribution in [3.63, 3.8) is 0 Å². The first kappa shape index (κ1) is 11.1. The third kappa shape index (κ3) is 3.04. The summed E-state index contributed by atoms with van der Waals surface area (Å²) in [7, 11) is 0. The van der Waals surface area contributed by atoms with E-state index in [4.69, 9.17) is 5.73 Å². The van der Waals surface area contributed by atoms with Gasteiger partial charge in [0.05, 0.1) is 11.9 Å². The minimum atomic E-state index is -0.168. The van der Waals surface area contributed by atoms with E-state index >= 15 is 0 Å². The molecule has 0 unspecified atom stereocenters. The lowest BCUT2D eigenvalue weighted by Crippen LogP contribution is -2.19. The first-order valence-corrected chi connectivity index (χ1v) is 5.15. The second-order valence-corrected chi connectivity index (χ2v) is 3.67. The number of anilines is 2. The summed E-state index contributed by atoms with van der Waals surface area (Å²) in [6.45, 7) is 2.02. The van der Waals surface area contributed by atoms with Gasteiger partial charge in [0.1, 0.15) is 12.4 Å². The molecule has 0 aromatic carbocycles. The van der Waals surface area contributed by atoms with Crippen LogP contribution >= 0.6 is 0 Å². The van der Waals surface area contributed by atoms with Gasteiger partial charge in [0.15, 0.2) is 0 Å². The third-order valence-corrected chi connectivity index (χ3v) is 2.16. The van der Waals surface area contributed by atoms with Gasteiger partial charge in [0.2, 0.25) is 5.91 Å². The van der Waals surface area contributed by atoms with Crippen LogP contribution in [-0.4, -0.2) is 20.7 Å². The van der Waals surface area contributed by atoms with Gasteiger partial charge < -0.3 is 11.1 Å². The highest BCUT2D eigenvalue weighted by atomic mass is 16.2. The summed E-state index contributed by atoms with van der Waals surface area (Å²) in [6, 6.07) is 5.28. The first-order valence-electron chi connectivity index (χ1n) is 5.15. The van der Waals surface area contributed by atoms with E-state index in [9.17, 15) is 4.79 Å². The average Bonchev–Trinajstić information content (AvgIpc) is 2.67. The molecule has 0 aliphatic heterocycles. The fraction of sp³-hybridized carbons (Fsp3) is 0.182. The Morgan fingerprint density at radius 2 is 2.29 bits per heavy atom. The summed E-state index contributed by atoms with van der Waals surface area (Å²) in [5.74, 6) is 0.230. The topological polar surface area (TPSA) is 85.8 Å². The van der Waals surface area contributed by atoms with Crippen LogP contribution in [-0.2, 0) is 11.3 Å². The van der Waals surface area contributed by atoms with Crippen LogP contribution < -0.4 is 11.1 Å². The Bertz CT molecular complexity index is 517. The molecule has 1 amide bonds. The molecule has 0 saturated carbocycles. The number of nitrogen functional groups attached to an aromatic ring is 1. The molecular formula is C11H13N5O. The quantitative estimate of drug-likeness (QED) is 0.818. The lowest BCUT2D eigenvalue weighted by molar-refractivity contribution is -0.116. The highest BCUT2D eigenvalue weighted by molar-refractivity contribution is 5.90. The van der Waals surface area contributed by atoms with Gasteiger partial charge in [-0.05, 0) is 25.1 Å². The molecule has 0 saturated heterocycles. The molecule has 0 bridgehead atoms. The summed E-state index contributed by atoms with van der Waals surface area (Å²) < 4.78 is 1.48. The maximum Gasteiger partial charge on any atom is 0.246 e. The number of rotatable bonds is 3. The lowest BCUT2D eigenvalue weighted by Gasteiger charge is -2.04. The molecule has 0 radical (unpaired) electrons. The van der Waals surface area contributed by atoms with Gasteiger partial charge in [-0.15, -0.1) is 0 Å². The standard InChI is InChI=1S/C11H13N5O/c1-8-2-3-9(6-13-8)14-11(17)7-16-5-4-10(12)15-16/h2-6H,7H2,1H3,(H2,12,15)(H,14,17). The molecule has 3 N–H and O–H groups in total. The molecule has 0 fully saturated rings. The maximum absolute atomic E-state index is 11.6. The van der Waals surface area contributed by atoms with E-state index in [2.05, 4.69) is 15.4 Å². The fourth-order valence-electron chi connectivity index (χ4n) is 1.35. The zero-order valence-corrected chi connectivity index (χ0v) is 9.42. The first-order chi connectivity index (χ1) is 8.13. The van der Waals surface area contributed by atoms with E-state index < -0.39 is 0 Å². The Labute approximate surface area is 98.5 Å². The Morgan fingerprint density at radius 1 is 1.47 bits per heavy atom. The molecule has 2 aromatic heterocycles. The minimum Gasteiger partial charge on any atom is -0.382 e. The Kier molecular flexibility index (Phi) is 3.04. The predicted octanol–water partition coefficient (Wildman–Crippen LogP) is 0.807. The van der Waals surface area contributed by atoms with Crippen molar-refractivity contribution in [2.45, 2.75) is 13.5 Å². The van der Waals surface area contributed by atoms with Crippen LogP contribution in [0.25, 0.3) is 0 Å². The number of nitrogens with zero attached hydrogens (tertiary/aromatic N) is 3. The van der Waals surface area contributed by atoms with E-state index in [1.807, 2.05) is 13.0 Å². The van der Waals surface area contributed by atoms with Crippen LogP contribution in [0.2, 0.25) is 0 Å². The summed E-state index contributed by atoms with van der Waals surface area (Å²) in [5.41, 5.74) is 7.02. The average molecular weight is 231 g/mol. The smallest absolute Gasteiger partial charge is 0.246 e. The number of aromatic nitrogens is 3. The van der Waals surface area contributed by atoms with Gasteiger partial charge in [-0.1, -0.05) is 0 Å². The number of carbonyl (C=O) groups excluding carboxylic acids is 1. The Hall–Kier alpha value is -2.37. The van der Waals surface area contributed by atoms with E-state index in [0.717, 1.165) is 5.69 Å². The second kappa shape index (κ2) is 4.65. The molecule has 0 spiro atoms. The molecular weight excluding hydrogens is 218 g/mol. The zero-order valence-electron chi connectivity index (χ0n) is 9.42. The highest BCUT2D eigenvalue weighted by Gasteiger charge is 2.04. The number of amides is 1. The SMILES string of the molecule is Cc1ccc(NC(=O)Cn2ccc(N)n2)cn1.